The number of rotatable bonds is 2. The SMILES string of the molecule is Cn1nc2c(c1C(=O)Nc1ccc3cn[nH]c3c1)CN(C(=O)OC(C)(C)C)CC2. The number of benzene rings is 1. The molecule has 2 aromatic heterocycles. The summed E-state index contributed by atoms with van der Waals surface area (Å²) in [5.74, 6) is -0.272. The highest BCUT2D eigenvalue weighted by atomic mass is 16.6. The van der Waals surface area contributed by atoms with E-state index in [0.29, 0.717) is 30.9 Å². The van der Waals surface area contributed by atoms with Gasteiger partial charge in [-0.3, -0.25) is 14.6 Å². The molecule has 0 aliphatic carbocycles. The Bertz CT molecular complexity index is 1090. The first kappa shape index (κ1) is 19.0. The lowest BCUT2D eigenvalue weighted by Gasteiger charge is -2.29. The molecule has 0 spiro atoms. The molecule has 1 aliphatic rings. The van der Waals surface area contributed by atoms with Gasteiger partial charge in [-0.25, -0.2) is 4.79 Å². The van der Waals surface area contributed by atoms with E-state index in [1.54, 1.807) is 22.8 Å². The van der Waals surface area contributed by atoms with Gasteiger partial charge >= 0.3 is 6.09 Å². The summed E-state index contributed by atoms with van der Waals surface area (Å²) in [6.45, 7) is 6.30. The third kappa shape index (κ3) is 3.80. The van der Waals surface area contributed by atoms with Gasteiger partial charge in [0.25, 0.3) is 5.91 Å². The maximum Gasteiger partial charge on any atom is 0.410 e. The molecule has 0 saturated carbocycles. The Balaban J connectivity index is 1.56. The van der Waals surface area contributed by atoms with Crippen LogP contribution in [0.25, 0.3) is 10.9 Å². The molecule has 0 atom stereocenters. The number of hydrogen-bond donors (Lipinski definition) is 2. The van der Waals surface area contributed by atoms with Crippen molar-refractivity contribution in [1.29, 1.82) is 0 Å². The molecule has 152 valence electrons. The van der Waals surface area contributed by atoms with E-state index in [9.17, 15) is 9.59 Å². The Hall–Kier alpha value is -3.36. The van der Waals surface area contributed by atoms with Crippen molar-refractivity contribution in [3.8, 4) is 0 Å². The zero-order valence-corrected chi connectivity index (χ0v) is 16.9. The predicted molar refractivity (Wildman–Crippen MR) is 108 cm³/mol. The summed E-state index contributed by atoms with van der Waals surface area (Å²) in [6.07, 6.45) is 1.92. The lowest BCUT2D eigenvalue weighted by molar-refractivity contribution is 0.0222. The number of anilines is 1. The summed E-state index contributed by atoms with van der Waals surface area (Å²) in [6, 6.07) is 5.54. The molecule has 0 saturated heterocycles. The van der Waals surface area contributed by atoms with E-state index >= 15 is 0 Å². The number of ether oxygens (including phenoxy) is 1. The molecular formula is C20H24N6O3. The number of nitrogens with one attached hydrogen (secondary N) is 2. The van der Waals surface area contributed by atoms with Crippen molar-refractivity contribution in [3.05, 3.63) is 41.3 Å². The Morgan fingerprint density at radius 1 is 1.28 bits per heavy atom. The van der Waals surface area contributed by atoms with Crippen LogP contribution in [0.15, 0.2) is 24.4 Å². The summed E-state index contributed by atoms with van der Waals surface area (Å²) < 4.78 is 7.05. The van der Waals surface area contributed by atoms with Crippen LogP contribution >= 0.6 is 0 Å². The summed E-state index contributed by atoms with van der Waals surface area (Å²) in [7, 11) is 1.74. The molecule has 0 fully saturated rings. The molecule has 0 bridgehead atoms. The number of hydrogen-bond acceptors (Lipinski definition) is 5. The fourth-order valence-corrected chi connectivity index (χ4v) is 3.47. The van der Waals surface area contributed by atoms with Crippen molar-refractivity contribution in [2.75, 3.05) is 11.9 Å². The third-order valence-corrected chi connectivity index (χ3v) is 4.76. The Morgan fingerprint density at radius 3 is 2.83 bits per heavy atom. The van der Waals surface area contributed by atoms with Crippen LogP contribution < -0.4 is 5.32 Å². The number of aromatic nitrogens is 4. The van der Waals surface area contributed by atoms with Gasteiger partial charge in [0.05, 0.1) is 24.0 Å². The zero-order valence-electron chi connectivity index (χ0n) is 16.9. The molecule has 2 amide bonds. The molecule has 0 radical (unpaired) electrons. The van der Waals surface area contributed by atoms with Gasteiger partial charge in [0.15, 0.2) is 0 Å². The monoisotopic (exact) mass is 396 g/mol. The molecule has 29 heavy (non-hydrogen) atoms. The van der Waals surface area contributed by atoms with Crippen molar-refractivity contribution in [2.45, 2.75) is 39.3 Å². The second kappa shape index (κ2) is 6.91. The van der Waals surface area contributed by atoms with Crippen molar-refractivity contribution in [3.63, 3.8) is 0 Å². The minimum atomic E-state index is -0.572. The highest BCUT2D eigenvalue weighted by Crippen LogP contribution is 2.25. The largest absolute Gasteiger partial charge is 0.444 e. The van der Waals surface area contributed by atoms with Gasteiger partial charge in [-0.15, -0.1) is 0 Å². The van der Waals surface area contributed by atoms with E-state index in [1.165, 1.54) is 0 Å². The van der Waals surface area contributed by atoms with Gasteiger partial charge in [0.1, 0.15) is 11.3 Å². The van der Waals surface area contributed by atoms with Gasteiger partial charge in [0.2, 0.25) is 0 Å². The number of nitrogens with zero attached hydrogens (tertiary/aromatic N) is 4. The Labute approximate surface area is 168 Å². The molecule has 3 heterocycles. The van der Waals surface area contributed by atoms with E-state index in [-0.39, 0.29) is 12.0 Å². The summed E-state index contributed by atoms with van der Waals surface area (Å²) >= 11 is 0. The molecule has 4 rings (SSSR count). The number of fused-ring (bicyclic) bond motifs is 2. The molecule has 2 N–H and O–H groups in total. The van der Waals surface area contributed by atoms with Crippen molar-refractivity contribution >= 4 is 28.6 Å². The van der Waals surface area contributed by atoms with Gasteiger partial charge < -0.3 is 15.0 Å². The number of carbonyl (C=O) groups is 2. The van der Waals surface area contributed by atoms with Crippen LogP contribution in [0, 0.1) is 0 Å². The quantitative estimate of drug-likeness (QED) is 0.693. The van der Waals surface area contributed by atoms with Gasteiger partial charge in [-0.1, -0.05) is 0 Å². The van der Waals surface area contributed by atoms with Gasteiger partial charge in [-0.05, 0) is 39.0 Å². The molecule has 9 heteroatoms. The number of H-pyrrole nitrogens is 1. The van der Waals surface area contributed by atoms with Crippen LogP contribution in [0.3, 0.4) is 0 Å². The number of carbonyl (C=O) groups excluding carboxylic acids is 2. The molecule has 0 unspecified atom stereocenters. The first-order valence-electron chi connectivity index (χ1n) is 9.48. The van der Waals surface area contributed by atoms with E-state index in [0.717, 1.165) is 22.2 Å². The molecule has 1 aromatic carbocycles. The minimum absolute atomic E-state index is 0.272. The fourth-order valence-electron chi connectivity index (χ4n) is 3.47. The smallest absolute Gasteiger partial charge is 0.410 e. The normalized spacial score (nSPS) is 14.0. The van der Waals surface area contributed by atoms with E-state index in [4.69, 9.17) is 4.74 Å². The second-order valence-electron chi connectivity index (χ2n) is 8.18. The van der Waals surface area contributed by atoms with Crippen molar-refractivity contribution in [1.82, 2.24) is 24.9 Å². The Kier molecular flexibility index (Phi) is 4.52. The summed E-state index contributed by atoms with van der Waals surface area (Å²) in [5, 5.41) is 15.2. The van der Waals surface area contributed by atoms with Crippen LogP contribution in [0.1, 0.15) is 42.5 Å². The van der Waals surface area contributed by atoms with E-state index < -0.39 is 5.60 Å². The average molecular weight is 396 g/mol. The maximum atomic E-state index is 13.0. The predicted octanol–water partition coefficient (Wildman–Crippen LogP) is 2.84. The number of aromatic amines is 1. The maximum absolute atomic E-state index is 13.0. The summed E-state index contributed by atoms with van der Waals surface area (Å²) in [5.41, 5.74) is 2.95. The topological polar surface area (TPSA) is 105 Å². The Morgan fingerprint density at radius 2 is 2.07 bits per heavy atom. The van der Waals surface area contributed by atoms with Crippen LogP contribution in [0.4, 0.5) is 10.5 Å². The molecule has 1 aliphatic heterocycles. The second-order valence-corrected chi connectivity index (χ2v) is 8.18. The van der Waals surface area contributed by atoms with Crippen LogP contribution in [0.2, 0.25) is 0 Å². The minimum Gasteiger partial charge on any atom is -0.444 e. The lowest BCUT2D eigenvalue weighted by atomic mass is 10.1. The van der Waals surface area contributed by atoms with Crippen LogP contribution in [0.5, 0.6) is 0 Å². The summed E-state index contributed by atoms with van der Waals surface area (Å²) in [4.78, 5) is 27.1. The number of aryl methyl sites for hydroxylation is 1. The standard InChI is InChI=1S/C20H24N6O3/c1-20(2,3)29-19(28)26-8-7-15-14(11-26)17(25(4)24-15)18(27)22-13-6-5-12-10-21-23-16(12)9-13/h5-6,9-10H,7-8,11H2,1-4H3,(H,21,23)(H,22,27). The highest BCUT2D eigenvalue weighted by molar-refractivity contribution is 6.05. The van der Waals surface area contributed by atoms with E-state index in [2.05, 4.69) is 20.6 Å². The van der Waals surface area contributed by atoms with E-state index in [1.807, 2.05) is 39.0 Å². The zero-order chi connectivity index (χ0) is 20.8. The lowest BCUT2D eigenvalue weighted by Crippen LogP contribution is -2.40. The average Bonchev–Trinajstić information content (AvgIpc) is 3.22. The number of amides is 2. The van der Waals surface area contributed by atoms with Gasteiger partial charge in [0, 0.05) is 36.7 Å². The molecular weight excluding hydrogens is 372 g/mol. The van der Waals surface area contributed by atoms with Crippen molar-refractivity contribution in [2.24, 2.45) is 7.05 Å². The first-order valence-corrected chi connectivity index (χ1v) is 9.48. The first-order chi connectivity index (χ1) is 13.7. The van der Waals surface area contributed by atoms with Crippen LogP contribution in [-0.2, 0) is 24.8 Å². The van der Waals surface area contributed by atoms with Gasteiger partial charge in [-0.2, -0.15) is 10.2 Å². The van der Waals surface area contributed by atoms with Crippen LogP contribution in [-0.4, -0.2) is 49.0 Å². The fraction of sp³-hybridized carbons (Fsp3) is 0.400. The van der Waals surface area contributed by atoms with Crippen molar-refractivity contribution < 1.29 is 14.3 Å². The molecule has 3 aromatic rings. The molecule has 9 nitrogen and oxygen atoms in total. The third-order valence-electron chi connectivity index (χ3n) is 4.76. The highest BCUT2D eigenvalue weighted by Gasteiger charge is 2.31.